The Morgan fingerprint density at radius 2 is 2.07 bits per heavy atom. The van der Waals surface area contributed by atoms with Crippen molar-refractivity contribution in [1.82, 2.24) is 15.5 Å². The molecule has 2 aliphatic heterocycles. The normalized spacial score (nSPS) is 28.9. The Morgan fingerprint density at radius 1 is 1.14 bits per heavy atom. The highest BCUT2D eigenvalue weighted by Crippen LogP contribution is 2.09. The Morgan fingerprint density at radius 3 is 2.86 bits per heavy atom. The molecule has 0 radical (unpaired) electrons. The van der Waals surface area contributed by atoms with Crippen LogP contribution in [0, 0.1) is 0 Å². The van der Waals surface area contributed by atoms with Crippen molar-refractivity contribution in [1.29, 1.82) is 0 Å². The van der Waals surface area contributed by atoms with E-state index in [-0.39, 0.29) is 6.04 Å². The summed E-state index contributed by atoms with van der Waals surface area (Å²) in [6, 6.07) is 0.105. The number of nitrogens with zero attached hydrogens (tertiary/aromatic N) is 1. The van der Waals surface area contributed by atoms with Crippen molar-refractivity contribution in [2.24, 2.45) is 0 Å². The molecule has 14 heavy (non-hydrogen) atoms. The van der Waals surface area contributed by atoms with E-state index in [4.69, 9.17) is 0 Å². The number of carbonyl (C=O) groups excluding carboxylic acids is 1. The first-order chi connectivity index (χ1) is 6.88. The fourth-order valence-corrected chi connectivity index (χ4v) is 2.18. The van der Waals surface area contributed by atoms with Gasteiger partial charge >= 0.3 is 0 Å². The van der Waals surface area contributed by atoms with E-state index in [1.54, 1.807) is 0 Å². The average Bonchev–Trinajstić information content (AvgIpc) is 2.59. The van der Waals surface area contributed by atoms with Crippen LogP contribution in [-0.4, -0.2) is 49.6 Å². The molecule has 0 bridgehead atoms. The summed E-state index contributed by atoms with van der Waals surface area (Å²) in [7, 11) is 0. The van der Waals surface area contributed by atoms with Crippen LogP contribution in [0.5, 0.6) is 0 Å². The summed E-state index contributed by atoms with van der Waals surface area (Å²) in [5.41, 5.74) is 0. The Kier molecular flexibility index (Phi) is 3.37. The summed E-state index contributed by atoms with van der Waals surface area (Å²) in [4.78, 5) is 14.0. The van der Waals surface area contributed by atoms with Gasteiger partial charge in [-0.25, -0.2) is 0 Å². The minimum Gasteiger partial charge on any atom is -0.340 e. The van der Waals surface area contributed by atoms with Crippen LogP contribution in [0.1, 0.15) is 19.3 Å². The van der Waals surface area contributed by atoms with Crippen LogP contribution in [0.2, 0.25) is 0 Å². The smallest absolute Gasteiger partial charge is 0.239 e. The SMILES string of the molecule is O=C([C@H]1CCCN1)N1CCCNCC1. The summed E-state index contributed by atoms with van der Waals surface area (Å²) in [5.74, 6) is 0.311. The molecule has 0 aromatic heterocycles. The first-order valence-corrected chi connectivity index (χ1v) is 5.61. The summed E-state index contributed by atoms with van der Waals surface area (Å²) >= 11 is 0. The largest absolute Gasteiger partial charge is 0.340 e. The van der Waals surface area contributed by atoms with Crippen molar-refractivity contribution in [2.45, 2.75) is 25.3 Å². The van der Waals surface area contributed by atoms with Crippen molar-refractivity contribution in [2.75, 3.05) is 32.7 Å². The number of carbonyl (C=O) groups is 1. The lowest BCUT2D eigenvalue weighted by atomic mass is 10.2. The third-order valence-corrected chi connectivity index (χ3v) is 3.01. The van der Waals surface area contributed by atoms with Crippen LogP contribution >= 0.6 is 0 Å². The molecule has 4 nitrogen and oxygen atoms in total. The third-order valence-electron chi connectivity index (χ3n) is 3.01. The molecule has 0 aromatic rings. The summed E-state index contributed by atoms with van der Waals surface area (Å²) < 4.78 is 0. The number of hydrogen-bond donors (Lipinski definition) is 2. The number of rotatable bonds is 1. The van der Waals surface area contributed by atoms with Crippen LogP contribution < -0.4 is 10.6 Å². The van der Waals surface area contributed by atoms with Crippen molar-refractivity contribution in [3.63, 3.8) is 0 Å². The highest BCUT2D eigenvalue weighted by molar-refractivity contribution is 5.82. The zero-order valence-electron chi connectivity index (χ0n) is 8.59. The number of amides is 1. The van der Waals surface area contributed by atoms with Gasteiger partial charge in [0.25, 0.3) is 0 Å². The Hall–Kier alpha value is -0.610. The van der Waals surface area contributed by atoms with Crippen molar-refractivity contribution >= 4 is 5.91 Å². The predicted molar refractivity (Wildman–Crippen MR) is 55.1 cm³/mol. The molecule has 2 heterocycles. The second kappa shape index (κ2) is 4.75. The maximum atomic E-state index is 12.0. The van der Waals surface area contributed by atoms with Crippen molar-refractivity contribution in [3.8, 4) is 0 Å². The molecule has 2 rings (SSSR count). The summed E-state index contributed by atoms with van der Waals surface area (Å²) in [6.07, 6.45) is 3.24. The molecule has 0 saturated carbocycles. The molecule has 4 heteroatoms. The van der Waals surface area contributed by atoms with E-state index in [0.29, 0.717) is 5.91 Å². The first kappa shape index (κ1) is 9.93. The van der Waals surface area contributed by atoms with Gasteiger partial charge in [0.1, 0.15) is 0 Å². The second-order valence-electron chi connectivity index (χ2n) is 4.08. The first-order valence-electron chi connectivity index (χ1n) is 5.61. The highest BCUT2D eigenvalue weighted by atomic mass is 16.2. The van der Waals surface area contributed by atoms with Crippen molar-refractivity contribution in [3.05, 3.63) is 0 Å². The van der Waals surface area contributed by atoms with E-state index in [9.17, 15) is 4.79 Å². The molecular formula is C10H19N3O. The fourth-order valence-electron chi connectivity index (χ4n) is 2.18. The van der Waals surface area contributed by atoms with Gasteiger partial charge in [0.05, 0.1) is 6.04 Å². The lowest BCUT2D eigenvalue weighted by Crippen LogP contribution is -2.44. The van der Waals surface area contributed by atoms with Gasteiger partial charge in [-0.2, -0.15) is 0 Å². The average molecular weight is 197 g/mol. The van der Waals surface area contributed by atoms with Gasteiger partial charge in [0.2, 0.25) is 5.91 Å². The summed E-state index contributed by atoms with van der Waals surface area (Å²) in [5, 5.41) is 6.57. The van der Waals surface area contributed by atoms with E-state index in [1.165, 1.54) is 0 Å². The van der Waals surface area contributed by atoms with Crippen LogP contribution in [-0.2, 0) is 4.79 Å². The monoisotopic (exact) mass is 197 g/mol. The van der Waals surface area contributed by atoms with E-state index in [0.717, 1.165) is 52.0 Å². The Balaban J connectivity index is 1.88. The van der Waals surface area contributed by atoms with Crippen LogP contribution in [0.4, 0.5) is 0 Å². The molecule has 0 unspecified atom stereocenters. The minimum atomic E-state index is 0.105. The van der Waals surface area contributed by atoms with E-state index in [1.807, 2.05) is 4.90 Å². The van der Waals surface area contributed by atoms with Gasteiger partial charge < -0.3 is 15.5 Å². The fraction of sp³-hybridized carbons (Fsp3) is 0.900. The van der Waals surface area contributed by atoms with Crippen molar-refractivity contribution < 1.29 is 4.79 Å². The zero-order valence-corrected chi connectivity index (χ0v) is 8.59. The maximum Gasteiger partial charge on any atom is 0.239 e. The van der Waals surface area contributed by atoms with Gasteiger partial charge in [0, 0.05) is 19.6 Å². The maximum absolute atomic E-state index is 12.0. The van der Waals surface area contributed by atoms with Crippen LogP contribution in [0.15, 0.2) is 0 Å². The molecule has 2 aliphatic rings. The molecule has 2 fully saturated rings. The Bertz CT molecular complexity index is 194. The van der Waals surface area contributed by atoms with Gasteiger partial charge in [-0.3, -0.25) is 4.79 Å². The lowest BCUT2D eigenvalue weighted by Gasteiger charge is -2.23. The van der Waals surface area contributed by atoms with Gasteiger partial charge in [-0.1, -0.05) is 0 Å². The molecule has 80 valence electrons. The standard InChI is InChI=1S/C10H19N3O/c14-10(9-3-1-5-12-9)13-7-2-4-11-6-8-13/h9,11-12H,1-8H2/t9-/m1/s1. The molecule has 0 aliphatic carbocycles. The van der Waals surface area contributed by atoms with Gasteiger partial charge in [-0.15, -0.1) is 0 Å². The highest BCUT2D eigenvalue weighted by Gasteiger charge is 2.26. The number of hydrogen-bond acceptors (Lipinski definition) is 3. The zero-order chi connectivity index (χ0) is 9.80. The second-order valence-corrected chi connectivity index (χ2v) is 4.08. The van der Waals surface area contributed by atoms with E-state index in [2.05, 4.69) is 10.6 Å². The molecule has 0 spiro atoms. The minimum absolute atomic E-state index is 0.105. The topological polar surface area (TPSA) is 44.4 Å². The van der Waals surface area contributed by atoms with E-state index >= 15 is 0 Å². The van der Waals surface area contributed by atoms with Crippen LogP contribution in [0.25, 0.3) is 0 Å². The molecule has 2 N–H and O–H groups in total. The molecular weight excluding hydrogens is 178 g/mol. The van der Waals surface area contributed by atoms with Crippen LogP contribution in [0.3, 0.4) is 0 Å². The molecule has 2 saturated heterocycles. The van der Waals surface area contributed by atoms with Gasteiger partial charge in [0.15, 0.2) is 0 Å². The molecule has 0 aromatic carbocycles. The number of nitrogens with one attached hydrogen (secondary N) is 2. The Labute approximate surface area is 85.0 Å². The lowest BCUT2D eigenvalue weighted by molar-refractivity contribution is -0.132. The predicted octanol–water partition coefficient (Wildman–Crippen LogP) is -0.440. The molecule has 1 atom stereocenters. The summed E-state index contributed by atoms with van der Waals surface area (Å²) in [6.45, 7) is 4.78. The van der Waals surface area contributed by atoms with Gasteiger partial charge in [-0.05, 0) is 32.4 Å². The van der Waals surface area contributed by atoms with E-state index < -0.39 is 0 Å². The molecule has 1 amide bonds. The quantitative estimate of drug-likeness (QED) is 0.599. The third kappa shape index (κ3) is 2.25.